The summed E-state index contributed by atoms with van der Waals surface area (Å²) >= 11 is 0.906. The first-order valence-corrected chi connectivity index (χ1v) is 14.0. The van der Waals surface area contributed by atoms with Crippen molar-refractivity contribution in [2.24, 2.45) is 0 Å². The maximum absolute atomic E-state index is 14.0. The predicted octanol–water partition coefficient (Wildman–Crippen LogP) is 6.44. The van der Waals surface area contributed by atoms with Gasteiger partial charge in [0.05, 0.1) is 23.6 Å². The molecule has 0 amide bonds. The minimum absolute atomic E-state index is 0.183. The third-order valence-corrected chi connectivity index (χ3v) is 7.72. The van der Waals surface area contributed by atoms with Gasteiger partial charge in [-0.05, 0) is 77.7 Å². The molecule has 0 spiro atoms. The Balaban J connectivity index is 1.14. The molecule has 0 bridgehead atoms. The van der Waals surface area contributed by atoms with E-state index in [0.717, 1.165) is 72.2 Å². The average molecular weight is 572 g/mol. The van der Waals surface area contributed by atoms with Crippen molar-refractivity contribution in [3.63, 3.8) is 0 Å². The molecule has 1 fully saturated rings. The fraction of sp³-hybridized carbons (Fsp3) is 0.161. The molecular weight excluding hydrogens is 544 g/mol. The van der Waals surface area contributed by atoms with Crippen LogP contribution in [-0.4, -0.2) is 36.3 Å². The second-order valence-corrected chi connectivity index (χ2v) is 10.5. The SMILES string of the molecule is O=c1[nH]cc(-c2ccc3nc(NCc4cccc(N5CCOCC5)c4)ccc3c2)cc1NSc1ccc(F)cc1F. The third-order valence-electron chi connectivity index (χ3n) is 6.85. The van der Waals surface area contributed by atoms with Crippen molar-refractivity contribution in [2.45, 2.75) is 11.4 Å². The van der Waals surface area contributed by atoms with Gasteiger partial charge in [-0.25, -0.2) is 13.8 Å². The van der Waals surface area contributed by atoms with Gasteiger partial charge in [0.2, 0.25) is 0 Å². The zero-order valence-corrected chi connectivity index (χ0v) is 22.8. The lowest BCUT2D eigenvalue weighted by atomic mass is 10.0. The molecule has 2 aromatic heterocycles. The molecule has 41 heavy (non-hydrogen) atoms. The van der Waals surface area contributed by atoms with Crippen LogP contribution >= 0.6 is 11.9 Å². The monoisotopic (exact) mass is 571 g/mol. The van der Waals surface area contributed by atoms with Crippen molar-refractivity contribution in [1.82, 2.24) is 9.97 Å². The van der Waals surface area contributed by atoms with E-state index in [-0.39, 0.29) is 16.1 Å². The Labute approximate surface area is 239 Å². The van der Waals surface area contributed by atoms with Crippen molar-refractivity contribution < 1.29 is 13.5 Å². The molecule has 0 aliphatic carbocycles. The van der Waals surface area contributed by atoms with E-state index in [1.807, 2.05) is 30.3 Å². The van der Waals surface area contributed by atoms with Gasteiger partial charge in [-0.1, -0.05) is 18.2 Å². The number of aromatic nitrogens is 2. The first-order chi connectivity index (χ1) is 20.0. The van der Waals surface area contributed by atoms with Crippen molar-refractivity contribution in [2.75, 3.05) is 41.2 Å². The Morgan fingerprint density at radius 1 is 0.951 bits per heavy atom. The summed E-state index contributed by atoms with van der Waals surface area (Å²) in [6.45, 7) is 3.96. The summed E-state index contributed by atoms with van der Waals surface area (Å²) in [5.41, 5.74) is 4.78. The molecule has 1 aliphatic rings. The molecule has 6 rings (SSSR count). The van der Waals surface area contributed by atoms with Gasteiger partial charge >= 0.3 is 0 Å². The molecule has 0 atom stereocenters. The van der Waals surface area contributed by atoms with Gasteiger partial charge in [0.25, 0.3) is 5.56 Å². The molecule has 3 N–H and O–H groups in total. The maximum atomic E-state index is 14.0. The van der Waals surface area contributed by atoms with Crippen molar-refractivity contribution >= 4 is 40.0 Å². The standard InChI is InChI=1S/C31H27F2N5O2S/c32-24-6-8-29(26(33)17-24)41-37-28-16-23(19-35-31(28)39)21-4-7-27-22(15-21)5-9-30(36-27)34-18-20-2-1-3-25(14-20)38-10-12-40-13-11-38/h1-9,14-17,19,37H,10-13,18H2,(H,34,36)(H,35,39). The topological polar surface area (TPSA) is 82.3 Å². The van der Waals surface area contributed by atoms with E-state index in [9.17, 15) is 13.6 Å². The number of fused-ring (bicyclic) bond motifs is 1. The molecule has 5 aromatic rings. The number of nitrogens with one attached hydrogen (secondary N) is 3. The summed E-state index contributed by atoms with van der Waals surface area (Å²) in [5, 5.41) is 4.38. The van der Waals surface area contributed by atoms with Crippen LogP contribution in [0.5, 0.6) is 0 Å². The van der Waals surface area contributed by atoms with Gasteiger partial charge in [0.15, 0.2) is 0 Å². The van der Waals surface area contributed by atoms with Crippen LogP contribution in [0.15, 0.2) is 94.7 Å². The highest BCUT2D eigenvalue weighted by molar-refractivity contribution is 8.00. The number of rotatable bonds is 8. The first kappa shape index (κ1) is 26.8. The highest BCUT2D eigenvalue weighted by atomic mass is 32.2. The molecular formula is C31H27F2N5O2S. The number of ether oxygens (including phenoxy) is 1. The van der Waals surface area contributed by atoms with Crippen LogP contribution < -0.4 is 20.5 Å². The van der Waals surface area contributed by atoms with E-state index < -0.39 is 11.6 Å². The molecule has 7 nitrogen and oxygen atoms in total. The predicted molar refractivity (Wildman–Crippen MR) is 160 cm³/mol. The summed E-state index contributed by atoms with van der Waals surface area (Å²) in [6.07, 6.45) is 1.63. The largest absolute Gasteiger partial charge is 0.378 e. The molecule has 3 aromatic carbocycles. The van der Waals surface area contributed by atoms with Gasteiger partial charge in [-0.15, -0.1) is 0 Å². The molecule has 10 heteroatoms. The molecule has 0 unspecified atom stereocenters. The second kappa shape index (κ2) is 12.0. The van der Waals surface area contributed by atoms with Crippen LogP contribution in [0.25, 0.3) is 22.0 Å². The highest BCUT2D eigenvalue weighted by Crippen LogP contribution is 2.28. The smallest absolute Gasteiger partial charge is 0.272 e. The normalized spacial score (nSPS) is 13.4. The van der Waals surface area contributed by atoms with E-state index in [2.05, 4.69) is 44.2 Å². The van der Waals surface area contributed by atoms with E-state index in [4.69, 9.17) is 9.72 Å². The average Bonchev–Trinajstić information content (AvgIpc) is 3.00. The number of anilines is 3. The summed E-state index contributed by atoms with van der Waals surface area (Å²) in [4.78, 5) is 22.4. The molecule has 3 heterocycles. The Hall–Kier alpha value is -4.41. The number of aromatic amines is 1. The minimum atomic E-state index is -0.701. The van der Waals surface area contributed by atoms with Gasteiger partial charge in [0.1, 0.15) is 23.1 Å². The summed E-state index contributed by atoms with van der Waals surface area (Å²) in [6, 6.07) is 23.3. The maximum Gasteiger partial charge on any atom is 0.272 e. The quantitative estimate of drug-likeness (QED) is 0.185. The minimum Gasteiger partial charge on any atom is -0.378 e. The van der Waals surface area contributed by atoms with Crippen LogP contribution in [0, 0.1) is 11.6 Å². The third kappa shape index (κ3) is 6.34. The number of halogens is 2. The zero-order valence-electron chi connectivity index (χ0n) is 22.0. The number of benzene rings is 3. The number of morpholine rings is 1. The Bertz CT molecular complexity index is 1760. The lowest BCUT2D eigenvalue weighted by Crippen LogP contribution is -2.36. The second-order valence-electron chi connectivity index (χ2n) is 9.64. The lowest BCUT2D eigenvalue weighted by molar-refractivity contribution is 0.122. The molecule has 0 saturated carbocycles. The van der Waals surface area contributed by atoms with E-state index in [1.54, 1.807) is 12.3 Å². The molecule has 208 valence electrons. The first-order valence-electron chi connectivity index (χ1n) is 13.2. The van der Waals surface area contributed by atoms with Crippen molar-refractivity contribution in [3.05, 3.63) is 113 Å². The van der Waals surface area contributed by atoms with Crippen molar-refractivity contribution in [3.8, 4) is 11.1 Å². The van der Waals surface area contributed by atoms with E-state index >= 15 is 0 Å². The van der Waals surface area contributed by atoms with Crippen LogP contribution in [-0.2, 0) is 11.3 Å². The van der Waals surface area contributed by atoms with E-state index in [0.29, 0.717) is 6.54 Å². The Kier molecular flexibility index (Phi) is 7.84. The van der Waals surface area contributed by atoms with Crippen LogP contribution in [0.4, 0.5) is 26.0 Å². The number of pyridine rings is 2. The fourth-order valence-electron chi connectivity index (χ4n) is 4.68. The van der Waals surface area contributed by atoms with Crippen LogP contribution in [0.3, 0.4) is 0 Å². The summed E-state index contributed by atoms with van der Waals surface area (Å²) < 4.78 is 35.5. The number of H-pyrrole nitrogens is 1. The highest BCUT2D eigenvalue weighted by Gasteiger charge is 2.12. The fourth-order valence-corrected chi connectivity index (χ4v) is 5.34. The summed E-state index contributed by atoms with van der Waals surface area (Å²) in [5.74, 6) is -0.579. The van der Waals surface area contributed by atoms with Gasteiger partial charge < -0.3 is 24.7 Å². The Morgan fingerprint density at radius 2 is 1.83 bits per heavy atom. The Morgan fingerprint density at radius 3 is 2.68 bits per heavy atom. The van der Waals surface area contributed by atoms with Crippen molar-refractivity contribution in [1.29, 1.82) is 0 Å². The molecule has 1 aliphatic heterocycles. The van der Waals surface area contributed by atoms with Crippen LogP contribution in [0.2, 0.25) is 0 Å². The molecule has 1 saturated heterocycles. The van der Waals surface area contributed by atoms with Gasteiger partial charge in [-0.3, -0.25) is 4.79 Å². The van der Waals surface area contributed by atoms with Gasteiger partial charge in [-0.2, -0.15) is 0 Å². The molecule has 0 radical (unpaired) electrons. The number of hydrogen-bond donors (Lipinski definition) is 3. The van der Waals surface area contributed by atoms with Crippen LogP contribution in [0.1, 0.15) is 5.56 Å². The van der Waals surface area contributed by atoms with Gasteiger partial charge in [0, 0.05) is 48.5 Å². The zero-order chi connectivity index (χ0) is 28.2. The van der Waals surface area contributed by atoms with E-state index in [1.165, 1.54) is 23.4 Å². The number of nitrogens with zero attached hydrogens (tertiary/aromatic N) is 2. The number of hydrogen-bond acceptors (Lipinski definition) is 7. The summed E-state index contributed by atoms with van der Waals surface area (Å²) in [7, 11) is 0. The lowest BCUT2D eigenvalue weighted by Gasteiger charge is -2.29.